The number of carbonyl (C=O) groups is 3. The van der Waals surface area contributed by atoms with Gasteiger partial charge in [-0.15, -0.1) is 4.99 Å². The fourth-order valence-corrected chi connectivity index (χ4v) is 3.76. The average Bonchev–Trinajstić information content (AvgIpc) is 2.77. The normalized spacial score (nSPS) is 13.2. The number of alkyl carbamates (subject to hydrolysis) is 1. The zero-order chi connectivity index (χ0) is 29.4. The Morgan fingerprint density at radius 1 is 0.897 bits per heavy atom. The fourth-order valence-electron chi connectivity index (χ4n) is 3.03. The third-order valence-electron chi connectivity index (χ3n) is 4.60. The standard InChI is InChI=1S/C26H35N4O8P/c1-25(2,3)37-23(32)29-22(30-24(33)38-26(4,5)6)27-19-14-12-17(13-15-19)16-20(39(34,35)36)28-21(31)18-10-8-7-9-11-18/h7-15,20H,16H2,1-6H3,(H,28,31)(H2,34,35,36)(H2,27,29,30,32,33). The summed E-state index contributed by atoms with van der Waals surface area (Å²) < 4.78 is 22.5. The van der Waals surface area contributed by atoms with Crippen LogP contribution in [0.15, 0.2) is 59.6 Å². The number of rotatable bonds is 6. The van der Waals surface area contributed by atoms with E-state index in [9.17, 15) is 28.7 Å². The number of anilines is 1. The molecule has 2 aromatic rings. The van der Waals surface area contributed by atoms with E-state index in [0.29, 0.717) is 11.3 Å². The van der Waals surface area contributed by atoms with E-state index in [2.05, 4.69) is 20.9 Å². The molecule has 0 aliphatic carbocycles. The molecule has 212 valence electrons. The zero-order valence-electron chi connectivity index (χ0n) is 22.7. The van der Waals surface area contributed by atoms with Crippen molar-refractivity contribution in [2.45, 2.75) is 64.9 Å². The van der Waals surface area contributed by atoms with Crippen LogP contribution in [-0.4, -0.2) is 50.8 Å². The minimum Gasteiger partial charge on any atom is -0.444 e. The average molecular weight is 563 g/mol. The number of amides is 3. The molecule has 0 saturated carbocycles. The lowest BCUT2D eigenvalue weighted by atomic mass is 10.1. The van der Waals surface area contributed by atoms with Crippen LogP contribution in [0.4, 0.5) is 15.3 Å². The first-order valence-electron chi connectivity index (χ1n) is 12.0. The molecule has 2 rings (SSSR count). The first-order chi connectivity index (χ1) is 17.9. The molecule has 1 atom stereocenters. The van der Waals surface area contributed by atoms with Crippen molar-refractivity contribution in [2.24, 2.45) is 4.99 Å². The minimum atomic E-state index is -4.70. The van der Waals surface area contributed by atoms with Crippen molar-refractivity contribution >= 4 is 37.3 Å². The van der Waals surface area contributed by atoms with Crippen molar-refractivity contribution in [3.63, 3.8) is 0 Å². The van der Waals surface area contributed by atoms with Gasteiger partial charge in [0.25, 0.3) is 5.91 Å². The topological polar surface area (TPSA) is 176 Å². The Bertz CT molecular complexity index is 1230. The van der Waals surface area contributed by atoms with Crippen LogP contribution in [0.2, 0.25) is 0 Å². The highest BCUT2D eigenvalue weighted by Gasteiger charge is 2.31. The molecule has 0 aliphatic heterocycles. The highest BCUT2D eigenvalue weighted by molar-refractivity contribution is 7.52. The van der Waals surface area contributed by atoms with Crippen LogP contribution in [0.5, 0.6) is 0 Å². The molecule has 0 radical (unpaired) electrons. The van der Waals surface area contributed by atoms with Crippen LogP contribution < -0.4 is 16.0 Å². The summed E-state index contributed by atoms with van der Waals surface area (Å²) >= 11 is 0. The first kappa shape index (κ1) is 31.5. The molecule has 39 heavy (non-hydrogen) atoms. The summed E-state index contributed by atoms with van der Waals surface area (Å²) in [6, 6.07) is 14.3. The molecule has 1 unspecified atom stereocenters. The monoisotopic (exact) mass is 562 g/mol. The number of nitrogens with one attached hydrogen (secondary N) is 3. The van der Waals surface area contributed by atoms with Crippen LogP contribution in [0.25, 0.3) is 0 Å². The van der Waals surface area contributed by atoms with Crippen molar-refractivity contribution in [1.82, 2.24) is 10.6 Å². The van der Waals surface area contributed by atoms with Gasteiger partial charge in [0.1, 0.15) is 17.0 Å². The van der Waals surface area contributed by atoms with E-state index in [4.69, 9.17) is 9.47 Å². The first-order valence-corrected chi connectivity index (χ1v) is 13.7. The van der Waals surface area contributed by atoms with Crippen LogP contribution in [0.3, 0.4) is 0 Å². The Morgan fingerprint density at radius 3 is 1.97 bits per heavy atom. The Labute approximate surface area is 227 Å². The van der Waals surface area contributed by atoms with Crippen molar-refractivity contribution in [2.75, 3.05) is 5.32 Å². The quantitative estimate of drug-likeness (QED) is 0.194. The highest BCUT2D eigenvalue weighted by atomic mass is 31.2. The lowest BCUT2D eigenvalue weighted by Crippen LogP contribution is -2.40. The van der Waals surface area contributed by atoms with E-state index in [1.807, 2.05) is 0 Å². The van der Waals surface area contributed by atoms with E-state index < -0.39 is 42.7 Å². The number of guanidine groups is 1. The van der Waals surface area contributed by atoms with E-state index in [1.54, 1.807) is 84.0 Å². The summed E-state index contributed by atoms with van der Waals surface area (Å²) in [5.41, 5.74) is -0.450. The molecule has 2 aromatic carbocycles. The summed E-state index contributed by atoms with van der Waals surface area (Å²) in [6.07, 6.45) is -1.96. The summed E-state index contributed by atoms with van der Waals surface area (Å²) in [4.78, 5) is 60.4. The predicted molar refractivity (Wildman–Crippen MR) is 147 cm³/mol. The second-order valence-corrected chi connectivity index (χ2v) is 12.3. The Kier molecular flexibility index (Phi) is 10.4. The molecule has 3 amide bonds. The second kappa shape index (κ2) is 12.9. The summed E-state index contributed by atoms with van der Waals surface area (Å²) in [6.45, 7) is 10.0. The maximum Gasteiger partial charge on any atom is 0.437 e. The Balaban J connectivity index is 2.19. The number of benzene rings is 2. The van der Waals surface area contributed by atoms with Gasteiger partial charge in [0, 0.05) is 17.7 Å². The number of ether oxygens (including phenoxy) is 2. The lowest BCUT2D eigenvalue weighted by Gasteiger charge is -2.21. The van der Waals surface area contributed by atoms with Crippen molar-refractivity contribution in [3.8, 4) is 0 Å². The van der Waals surface area contributed by atoms with Crippen LogP contribution >= 0.6 is 7.60 Å². The molecular formula is C26H35N4O8P. The Morgan fingerprint density at radius 2 is 1.46 bits per heavy atom. The van der Waals surface area contributed by atoms with Gasteiger partial charge >= 0.3 is 19.8 Å². The molecule has 12 nitrogen and oxygen atoms in total. The molecule has 0 aromatic heterocycles. The summed E-state index contributed by atoms with van der Waals surface area (Å²) in [7, 11) is -4.70. The smallest absolute Gasteiger partial charge is 0.437 e. The van der Waals surface area contributed by atoms with Gasteiger partial charge in [0.2, 0.25) is 5.96 Å². The molecular weight excluding hydrogens is 527 g/mol. The SMILES string of the molecule is CC(C)(C)OC(=O)N=C(NC(=O)OC(C)(C)C)Nc1ccc(CC(NC(=O)c2ccccc2)P(=O)(O)O)cc1. The van der Waals surface area contributed by atoms with Crippen molar-refractivity contribution in [3.05, 3.63) is 65.7 Å². The van der Waals surface area contributed by atoms with Gasteiger partial charge in [0.15, 0.2) is 0 Å². The third-order valence-corrected chi connectivity index (χ3v) is 5.73. The van der Waals surface area contributed by atoms with Gasteiger partial charge in [-0.1, -0.05) is 30.3 Å². The number of hydrogen-bond acceptors (Lipinski definition) is 6. The fraction of sp³-hybridized carbons (Fsp3) is 0.385. The maximum atomic E-state index is 12.5. The number of aliphatic imine (C=N–C) groups is 1. The van der Waals surface area contributed by atoms with Gasteiger partial charge in [-0.05, 0) is 71.4 Å². The largest absolute Gasteiger partial charge is 0.444 e. The molecule has 13 heteroatoms. The van der Waals surface area contributed by atoms with E-state index in [1.165, 1.54) is 12.1 Å². The molecule has 0 saturated heterocycles. The van der Waals surface area contributed by atoms with Crippen molar-refractivity contribution in [1.29, 1.82) is 0 Å². The van der Waals surface area contributed by atoms with Crippen LogP contribution in [0.1, 0.15) is 57.5 Å². The van der Waals surface area contributed by atoms with Gasteiger partial charge in [-0.3, -0.25) is 14.7 Å². The van der Waals surface area contributed by atoms with Gasteiger partial charge in [-0.2, -0.15) is 0 Å². The van der Waals surface area contributed by atoms with Crippen molar-refractivity contribution < 1.29 is 38.2 Å². The third kappa shape index (κ3) is 12.1. The number of carbonyl (C=O) groups excluding carboxylic acids is 3. The summed E-state index contributed by atoms with van der Waals surface area (Å²) in [5.74, 6) is -2.32. The molecule has 0 heterocycles. The number of nitrogens with zero attached hydrogens (tertiary/aromatic N) is 1. The highest BCUT2D eigenvalue weighted by Crippen LogP contribution is 2.41. The van der Waals surface area contributed by atoms with Crippen LogP contribution in [0, 0.1) is 0 Å². The zero-order valence-corrected chi connectivity index (χ0v) is 23.6. The van der Waals surface area contributed by atoms with Crippen LogP contribution in [-0.2, 0) is 20.5 Å². The van der Waals surface area contributed by atoms with E-state index in [-0.39, 0.29) is 17.9 Å². The molecule has 0 aliphatic rings. The molecule has 0 bridgehead atoms. The van der Waals surface area contributed by atoms with Gasteiger partial charge in [-0.25, -0.2) is 9.59 Å². The van der Waals surface area contributed by atoms with Gasteiger partial charge in [0.05, 0.1) is 0 Å². The molecule has 5 N–H and O–H groups in total. The Hall–Kier alpha value is -3.73. The maximum absolute atomic E-state index is 12.5. The molecule has 0 fully saturated rings. The second-order valence-electron chi connectivity index (χ2n) is 10.5. The van der Waals surface area contributed by atoms with Gasteiger partial charge < -0.3 is 29.9 Å². The van der Waals surface area contributed by atoms with E-state index in [0.717, 1.165) is 0 Å². The summed E-state index contributed by atoms with van der Waals surface area (Å²) in [5, 5.41) is 7.56. The number of hydrogen-bond donors (Lipinski definition) is 5. The minimum absolute atomic E-state index is 0.155. The molecule has 0 spiro atoms. The van der Waals surface area contributed by atoms with E-state index >= 15 is 0 Å². The lowest BCUT2D eigenvalue weighted by molar-refractivity contribution is 0.0562. The predicted octanol–water partition coefficient (Wildman–Crippen LogP) is 4.39.